The van der Waals surface area contributed by atoms with E-state index in [0.29, 0.717) is 5.69 Å². The maximum absolute atomic E-state index is 8.79. The molecular weight excluding hydrogens is 142 g/mol. The lowest BCUT2D eigenvalue weighted by Gasteiger charge is -1.92. The number of para-hydroxylation sites is 2. The minimum absolute atomic E-state index is 0.146. The monoisotopic (exact) mass is 155 g/mol. The van der Waals surface area contributed by atoms with E-state index in [1.54, 1.807) is 31.2 Å². The predicted octanol–water partition coefficient (Wildman–Crippen LogP) is 0.973. The van der Waals surface area contributed by atoms with Crippen LogP contribution in [0, 0.1) is 0 Å². The summed E-state index contributed by atoms with van der Waals surface area (Å²) in [5, 5.41) is 16.4. The molecule has 0 unspecified atom stereocenters. The van der Waals surface area contributed by atoms with Crippen LogP contribution in [0.5, 0.6) is 5.75 Å². The van der Waals surface area contributed by atoms with E-state index in [9.17, 15) is 0 Å². The molecule has 0 heterocycles. The number of hydrogen-bond donors (Lipinski definition) is 3. The summed E-state index contributed by atoms with van der Waals surface area (Å²) in [7, 11) is 0. The number of phenolic OH excluding ortho intramolecular Hbond substituents is 1. The Kier molecular flexibility index (Phi) is 4.94. The first kappa shape index (κ1) is 9.78. The first-order valence-corrected chi connectivity index (χ1v) is 3.36. The third-order valence-electron chi connectivity index (χ3n) is 0.937. The van der Waals surface area contributed by atoms with Gasteiger partial charge in [-0.05, 0) is 19.1 Å². The Labute approximate surface area is 66.1 Å². The number of nitrogens with two attached hydrogens (primary N) is 1. The largest absolute Gasteiger partial charge is 0.506 e. The van der Waals surface area contributed by atoms with Crippen molar-refractivity contribution in [1.82, 2.24) is 0 Å². The fourth-order valence-electron chi connectivity index (χ4n) is 0.488. The van der Waals surface area contributed by atoms with Crippen molar-refractivity contribution in [3.63, 3.8) is 0 Å². The molecular formula is C8H13NO2. The predicted molar refractivity (Wildman–Crippen MR) is 45.3 cm³/mol. The van der Waals surface area contributed by atoms with E-state index in [1.807, 2.05) is 0 Å². The molecule has 0 amide bonds. The molecule has 4 N–H and O–H groups in total. The van der Waals surface area contributed by atoms with Crippen LogP contribution in [0.2, 0.25) is 0 Å². The number of anilines is 1. The molecule has 62 valence electrons. The van der Waals surface area contributed by atoms with E-state index in [1.165, 1.54) is 0 Å². The molecule has 0 fully saturated rings. The molecule has 0 saturated carbocycles. The molecule has 1 aromatic rings. The number of phenols is 1. The SMILES string of the molecule is CCO.Nc1ccccc1O. The maximum atomic E-state index is 8.79. The van der Waals surface area contributed by atoms with Gasteiger partial charge in [-0.1, -0.05) is 12.1 Å². The number of benzene rings is 1. The minimum Gasteiger partial charge on any atom is -0.506 e. The van der Waals surface area contributed by atoms with Crippen molar-refractivity contribution in [2.24, 2.45) is 0 Å². The second kappa shape index (κ2) is 5.56. The highest BCUT2D eigenvalue weighted by Gasteiger charge is 1.87. The van der Waals surface area contributed by atoms with Gasteiger partial charge in [0, 0.05) is 6.61 Å². The van der Waals surface area contributed by atoms with Crippen LogP contribution in [-0.2, 0) is 0 Å². The third-order valence-corrected chi connectivity index (χ3v) is 0.937. The second-order valence-electron chi connectivity index (χ2n) is 1.88. The van der Waals surface area contributed by atoms with Gasteiger partial charge in [-0.2, -0.15) is 0 Å². The van der Waals surface area contributed by atoms with Gasteiger partial charge in [0.2, 0.25) is 0 Å². The highest BCUT2D eigenvalue weighted by atomic mass is 16.3. The molecule has 0 saturated heterocycles. The molecule has 3 heteroatoms. The normalized spacial score (nSPS) is 8.18. The number of hydrogen-bond acceptors (Lipinski definition) is 3. The molecule has 0 radical (unpaired) electrons. The number of aromatic hydroxyl groups is 1. The van der Waals surface area contributed by atoms with Gasteiger partial charge < -0.3 is 15.9 Å². The fraction of sp³-hybridized carbons (Fsp3) is 0.250. The van der Waals surface area contributed by atoms with Crippen LogP contribution in [0.15, 0.2) is 24.3 Å². The number of rotatable bonds is 0. The smallest absolute Gasteiger partial charge is 0.138 e. The van der Waals surface area contributed by atoms with Crippen LogP contribution in [0.1, 0.15) is 6.92 Å². The molecule has 1 aromatic carbocycles. The van der Waals surface area contributed by atoms with E-state index >= 15 is 0 Å². The lowest BCUT2D eigenvalue weighted by atomic mass is 10.3. The van der Waals surface area contributed by atoms with Crippen LogP contribution < -0.4 is 5.73 Å². The van der Waals surface area contributed by atoms with Crippen molar-refractivity contribution in [3.05, 3.63) is 24.3 Å². The lowest BCUT2D eigenvalue weighted by Crippen LogP contribution is -1.82. The van der Waals surface area contributed by atoms with Crippen molar-refractivity contribution in [2.75, 3.05) is 12.3 Å². The molecule has 0 aliphatic carbocycles. The molecule has 0 atom stereocenters. The van der Waals surface area contributed by atoms with Crippen molar-refractivity contribution in [3.8, 4) is 5.75 Å². The van der Waals surface area contributed by atoms with E-state index in [4.69, 9.17) is 15.9 Å². The highest BCUT2D eigenvalue weighted by molar-refractivity contribution is 5.50. The van der Waals surface area contributed by atoms with Crippen LogP contribution in [0.3, 0.4) is 0 Å². The summed E-state index contributed by atoms with van der Waals surface area (Å²) >= 11 is 0. The molecule has 0 aliphatic rings. The quantitative estimate of drug-likeness (QED) is 0.386. The maximum Gasteiger partial charge on any atom is 0.138 e. The average Bonchev–Trinajstić information content (AvgIpc) is 1.97. The minimum atomic E-state index is 0.146. The summed E-state index contributed by atoms with van der Waals surface area (Å²) in [6.07, 6.45) is 0. The van der Waals surface area contributed by atoms with Gasteiger partial charge in [0.25, 0.3) is 0 Å². The zero-order valence-corrected chi connectivity index (χ0v) is 6.49. The summed E-state index contributed by atoms with van der Waals surface area (Å²) in [4.78, 5) is 0. The van der Waals surface area contributed by atoms with Gasteiger partial charge in [0.15, 0.2) is 0 Å². The van der Waals surface area contributed by atoms with Crippen molar-refractivity contribution in [2.45, 2.75) is 6.92 Å². The van der Waals surface area contributed by atoms with E-state index < -0.39 is 0 Å². The number of aliphatic hydroxyl groups excluding tert-OH is 1. The van der Waals surface area contributed by atoms with Crippen molar-refractivity contribution in [1.29, 1.82) is 0 Å². The summed E-state index contributed by atoms with van der Waals surface area (Å²) in [6, 6.07) is 6.70. The van der Waals surface area contributed by atoms with Gasteiger partial charge >= 0.3 is 0 Å². The highest BCUT2D eigenvalue weighted by Crippen LogP contribution is 2.16. The second-order valence-corrected chi connectivity index (χ2v) is 1.88. The van der Waals surface area contributed by atoms with Gasteiger partial charge in [0.1, 0.15) is 5.75 Å². The van der Waals surface area contributed by atoms with Crippen LogP contribution in [-0.4, -0.2) is 16.8 Å². The molecule has 1 rings (SSSR count). The van der Waals surface area contributed by atoms with Gasteiger partial charge in [0.05, 0.1) is 5.69 Å². The first-order valence-electron chi connectivity index (χ1n) is 3.36. The Morgan fingerprint density at radius 3 is 2.09 bits per heavy atom. The molecule has 3 nitrogen and oxygen atoms in total. The van der Waals surface area contributed by atoms with Gasteiger partial charge in [-0.15, -0.1) is 0 Å². The molecule has 0 aliphatic heterocycles. The van der Waals surface area contributed by atoms with E-state index in [0.717, 1.165) is 0 Å². The van der Waals surface area contributed by atoms with Crippen molar-refractivity contribution >= 4 is 5.69 Å². The molecule has 0 spiro atoms. The lowest BCUT2D eigenvalue weighted by molar-refractivity contribution is 0.318. The summed E-state index contributed by atoms with van der Waals surface area (Å²) < 4.78 is 0. The Balaban J connectivity index is 0.000000292. The number of aliphatic hydroxyl groups is 1. The Bertz CT molecular complexity index is 180. The molecule has 0 bridgehead atoms. The standard InChI is InChI=1S/C6H7NO.C2H6O/c7-5-3-1-2-4-6(5)8;1-2-3/h1-4,8H,7H2;3H,2H2,1H3. The van der Waals surface area contributed by atoms with E-state index in [2.05, 4.69) is 0 Å². The number of nitrogen functional groups attached to an aromatic ring is 1. The van der Waals surface area contributed by atoms with Gasteiger partial charge in [-0.25, -0.2) is 0 Å². The Morgan fingerprint density at radius 2 is 1.82 bits per heavy atom. The zero-order chi connectivity index (χ0) is 8.69. The van der Waals surface area contributed by atoms with Crippen LogP contribution in [0.25, 0.3) is 0 Å². The topological polar surface area (TPSA) is 66.5 Å². The molecule has 0 aromatic heterocycles. The average molecular weight is 155 g/mol. The van der Waals surface area contributed by atoms with E-state index in [-0.39, 0.29) is 12.4 Å². The summed E-state index contributed by atoms with van der Waals surface area (Å²) in [6.45, 7) is 1.93. The Hall–Kier alpha value is -1.22. The zero-order valence-electron chi connectivity index (χ0n) is 6.49. The van der Waals surface area contributed by atoms with Crippen molar-refractivity contribution < 1.29 is 10.2 Å². The Morgan fingerprint density at radius 1 is 1.36 bits per heavy atom. The third kappa shape index (κ3) is 4.22. The van der Waals surface area contributed by atoms with Crippen LogP contribution in [0.4, 0.5) is 5.69 Å². The molecule has 11 heavy (non-hydrogen) atoms. The summed E-state index contributed by atoms with van der Waals surface area (Å²) in [5.74, 6) is 0.146. The van der Waals surface area contributed by atoms with Gasteiger partial charge in [-0.3, -0.25) is 0 Å². The summed E-state index contributed by atoms with van der Waals surface area (Å²) in [5.41, 5.74) is 5.69. The first-order chi connectivity index (χ1) is 5.22. The van der Waals surface area contributed by atoms with Crippen LogP contribution >= 0.6 is 0 Å². The fourth-order valence-corrected chi connectivity index (χ4v) is 0.488.